The van der Waals surface area contributed by atoms with Gasteiger partial charge in [0.15, 0.2) is 0 Å². The second kappa shape index (κ2) is 12.1. The van der Waals surface area contributed by atoms with Crippen LogP contribution in [0, 0.1) is 11.3 Å². The van der Waals surface area contributed by atoms with Crippen LogP contribution in [0.5, 0.6) is 0 Å². The Kier molecular flexibility index (Phi) is 8.70. The fourth-order valence-electron chi connectivity index (χ4n) is 4.45. The molecule has 1 heterocycles. The number of carbonyl (C=O) groups is 2. The summed E-state index contributed by atoms with van der Waals surface area (Å²) in [6, 6.07) is 27.5. The van der Waals surface area contributed by atoms with E-state index in [0.717, 1.165) is 23.1 Å². The number of nitriles is 1. The molecule has 0 bridgehead atoms. The predicted octanol–water partition coefficient (Wildman–Crippen LogP) is 6.68. The van der Waals surface area contributed by atoms with Gasteiger partial charge in [0, 0.05) is 5.69 Å². The summed E-state index contributed by atoms with van der Waals surface area (Å²) in [4.78, 5) is 28.7. The average Bonchev–Trinajstić information content (AvgIpc) is 3.24. The summed E-state index contributed by atoms with van der Waals surface area (Å²) in [6.07, 6.45) is 1.39. The molecule has 2 unspecified atom stereocenters. The van der Waals surface area contributed by atoms with Crippen LogP contribution in [0.4, 0.5) is 5.69 Å². The number of anilines is 1. The van der Waals surface area contributed by atoms with Crippen LogP contribution in [-0.2, 0) is 22.4 Å². The lowest BCUT2D eigenvalue weighted by molar-refractivity contribution is -0.117. The summed E-state index contributed by atoms with van der Waals surface area (Å²) in [5.74, 6) is -0.187. The SMILES string of the molecule is CCc1ccc(N2C(=O)C(Cc3ccc(C(C)C)cc3)S/C2=C(/C#N)C(=O)NC(C)c2ccccc2)cc1. The molecule has 38 heavy (non-hydrogen) atoms. The first kappa shape index (κ1) is 27.2. The standard InChI is InChI=1S/C32H33N3O2S/c1-5-23-13-17-27(18-14-23)35-31(37)29(19-24-11-15-25(16-12-24)21(2)3)38-32(35)28(20-33)30(36)34-22(4)26-9-7-6-8-10-26/h6-18,21-22,29H,5,19H2,1-4H3,(H,34,36)/b32-28-. The van der Waals surface area contributed by atoms with Crippen molar-refractivity contribution in [1.82, 2.24) is 5.32 Å². The van der Waals surface area contributed by atoms with Gasteiger partial charge in [0.2, 0.25) is 5.91 Å². The highest BCUT2D eigenvalue weighted by atomic mass is 32.2. The fraction of sp³-hybridized carbons (Fsp3) is 0.281. The number of hydrogen-bond donors (Lipinski definition) is 1. The lowest BCUT2D eigenvalue weighted by Crippen LogP contribution is -2.32. The van der Waals surface area contributed by atoms with Crippen LogP contribution in [0.3, 0.4) is 0 Å². The molecule has 1 aliphatic rings. The van der Waals surface area contributed by atoms with Crippen molar-refractivity contribution in [3.05, 3.63) is 112 Å². The van der Waals surface area contributed by atoms with Gasteiger partial charge in [-0.05, 0) is 60.1 Å². The van der Waals surface area contributed by atoms with Gasteiger partial charge in [0.25, 0.3) is 5.91 Å². The van der Waals surface area contributed by atoms with Crippen LogP contribution < -0.4 is 10.2 Å². The lowest BCUT2D eigenvalue weighted by atomic mass is 10.00. The zero-order chi connectivity index (χ0) is 27.2. The van der Waals surface area contributed by atoms with Gasteiger partial charge < -0.3 is 5.32 Å². The van der Waals surface area contributed by atoms with Crippen LogP contribution in [0.25, 0.3) is 0 Å². The summed E-state index contributed by atoms with van der Waals surface area (Å²) in [6.45, 7) is 8.25. The van der Waals surface area contributed by atoms with Crippen molar-refractivity contribution in [2.45, 2.75) is 57.7 Å². The summed E-state index contributed by atoms with van der Waals surface area (Å²) in [5.41, 5.74) is 4.98. The summed E-state index contributed by atoms with van der Waals surface area (Å²) in [7, 11) is 0. The molecule has 1 saturated heterocycles. The minimum atomic E-state index is -0.490. The van der Waals surface area contributed by atoms with Gasteiger partial charge in [0.05, 0.1) is 11.3 Å². The number of nitrogens with zero attached hydrogens (tertiary/aromatic N) is 2. The Bertz CT molecular complexity index is 1360. The molecule has 2 amide bonds. The van der Waals surface area contributed by atoms with E-state index in [2.05, 4.69) is 56.4 Å². The Labute approximate surface area is 229 Å². The molecule has 3 aromatic carbocycles. The van der Waals surface area contributed by atoms with Crippen LogP contribution in [-0.4, -0.2) is 17.1 Å². The zero-order valence-corrected chi connectivity index (χ0v) is 23.1. The van der Waals surface area contributed by atoms with Crippen molar-refractivity contribution >= 4 is 29.3 Å². The van der Waals surface area contributed by atoms with Crippen LogP contribution in [0.1, 0.15) is 61.9 Å². The average molecular weight is 524 g/mol. The highest BCUT2D eigenvalue weighted by Crippen LogP contribution is 2.42. The molecule has 0 radical (unpaired) electrons. The highest BCUT2D eigenvalue weighted by Gasteiger charge is 2.41. The minimum absolute atomic E-state index is 0.0524. The third-order valence-corrected chi connectivity index (χ3v) is 8.09. The van der Waals surface area contributed by atoms with Crippen molar-refractivity contribution in [2.24, 2.45) is 0 Å². The maximum atomic E-state index is 13.8. The summed E-state index contributed by atoms with van der Waals surface area (Å²) < 4.78 is 0. The first-order valence-electron chi connectivity index (χ1n) is 13.0. The smallest absolute Gasteiger partial charge is 0.265 e. The molecule has 5 nitrogen and oxygen atoms in total. The summed E-state index contributed by atoms with van der Waals surface area (Å²) >= 11 is 1.29. The van der Waals surface area contributed by atoms with E-state index in [1.807, 2.05) is 61.5 Å². The van der Waals surface area contributed by atoms with E-state index in [0.29, 0.717) is 23.1 Å². The molecule has 0 aliphatic carbocycles. The number of aryl methyl sites for hydroxylation is 1. The third-order valence-electron chi connectivity index (χ3n) is 6.82. The quantitative estimate of drug-likeness (QED) is 0.264. The number of thioether (sulfide) groups is 1. The number of carbonyl (C=O) groups excluding carboxylic acids is 2. The molecule has 194 valence electrons. The maximum Gasteiger partial charge on any atom is 0.265 e. The Morgan fingerprint density at radius 1 is 0.947 bits per heavy atom. The van der Waals surface area contributed by atoms with Crippen LogP contribution in [0.2, 0.25) is 0 Å². The molecule has 4 rings (SSSR count). The summed E-state index contributed by atoms with van der Waals surface area (Å²) in [5, 5.41) is 13.0. The highest BCUT2D eigenvalue weighted by molar-refractivity contribution is 8.05. The van der Waals surface area contributed by atoms with Crippen molar-refractivity contribution in [3.63, 3.8) is 0 Å². The largest absolute Gasteiger partial charge is 0.345 e. The van der Waals surface area contributed by atoms with E-state index in [1.54, 1.807) is 4.90 Å². The van der Waals surface area contributed by atoms with E-state index in [-0.39, 0.29) is 17.5 Å². The van der Waals surface area contributed by atoms with Gasteiger partial charge in [-0.25, -0.2) is 0 Å². The van der Waals surface area contributed by atoms with Gasteiger partial charge in [-0.1, -0.05) is 99.3 Å². The van der Waals surface area contributed by atoms with Gasteiger partial charge in [-0.2, -0.15) is 5.26 Å². The molecule has 1 N–H and O–H groups in total. The lowest BCUT2D eigenvalue weighted by Gasteiger charge is -2.20. The number of amides is 2. The fourth-order valence-corrected chi connectivity index (χ4v) is 5.76. The molecular weight excluding hydrogens is 490 g/mol. The number of benzene rings is 3. The first-order chi connectivity index (χ1) is 18.3. The first-order valence-corrected chi connectivity index (χ1v) is 13.9. The molecule has 1 fully saturated rings. The van der Waals surface area contributed by atoms with Crippen LogP contribution in [0.15, 0.2) is 89.5 Å². The van der Waals surface area contributed by atoms with Gasteiger partial charge in [-0.15, -0.1) is 0 Å². The molecule has 1 aliphatic heterocycles. The van der Waals surface area contributed by atoms with E-state index in [4.69, 9.17) is 0 Å². The van der Waals surface area contributed by atoms with Gasteiger partial charge in [0.1, 0.15) is 16.7 Å². The van der Waals surface area contributed by atoms with Gasteiger partial charge in [-0.3, -0.25) is 14.5 Å². The van der Waals surface area contributed by atoms with Crippen molar-refractivity contribution in [1.29, 1.82) is 5.26 Å². The zero-order valence-electron chi connectivity index (χ0n) is 22.3. The van der Waals surface area contributed by atoms with Crippen molar-refractivity contribution in [2.75, 3.05) is 4.90 Å². The van der Waals surface area contributed by atoms with Crippen molar-refractivity contribution < 1.29 is 9.59 Å². The van der Waals surface area contributed by atoms with E-state index in [9.17, 15) is 14.9 Å². The topological polar surface area (TPSA) is 73.2 Å². The molecule has 0 aromatic heterocycles. The Balaban J connectivity index is 1.67. The molecular formula is C32H33N3O2S. The molecule has 6 heteroatoms. The second-order valence-electron chi connectivity index (χ2n) is 9.80. The van der Waals surface area contributed by atoms with Crippen molar-refractivity contribution in [3.8, 4) is 6.07 Å². The number of hydrogen-bond acceptors (Lipinski definition) is 4. The number of rotatable bonds is 8. The normalized spacial score (nSPS) is 17.3. The van der Waals surface area contributed by atoms with E-state index >= 15 is 0 Å². The van der Waals surface area contributed by atoms with Crippen LogP contribution >= 0.6 is 11.8 Å². The van der Waals surface area contributed by atoms with Gasteiger partial charge >= 0.3 is 0 Å². The van der Waals surface area contributed by atoms with E-state index < -0.39 is 11.2 Å². The number of nitrogens with one attached hydrogen (secondary N) is 1. The second-order valence-corrected chi connectivity index (χ2v) is 11.0. The Morgan fingerprint density at radius 3 is 2.16 bits per heavy atom. The third kappa shape index (κ3) is 6.00. The Morgan fingerprint density at radius 2 is 1.58 bits per heavy atom. The predicted molar refractivity (Wildman–Crippen MR) is 155 cm³/mol. The molecule has 0 saturated carbocycles. The molecule has 3 aromatic rings. The maximum absolute atomic E-state index is 13.8. The monoisotopic (exact) mass is 523 g/mol. The van der Waals surface area contributed by atoms with E-state index in [1.165, 1.54) is 17.3 Å². The molecule has 0 spiro atoms. The Hall–Kier alpha value is -3.82. The molecule has 2 atom stereocenters. The minimum Gasteiger partial charge on any atom is -0.345 e.